The Morgan fingerprint density at radius 2 is 1.00 bits per heavy atom. The third kappa shape index (κ3) is 5.72. The highest BCUT2D eigenvalue weighted by atomic mass is 16.5. The van der Waals surface area contributed by atoms with Crippen LogP contribution in [0.3, 0.4) is 0 Å². The van der Waals surface area contributed by atoms with Gasteiger partial charge in [0.25, 0.3) is 0 Å². The zero-order chi connectivity index (χ0) is 27.1. The predicted molar refractivity (Wildman–Crippen MR) is 148 cm³/mol. The molecule has 7 heteroatoms. The Hall–Kier alpha value is -0.280. The van der Waals surface area contributed by atoms with Gasteiger partial charge in [-0.15, -0.1) is 0 Å². The molecular weight excluding hydrogens is 496 g/mol. The van der Waals surface area contributed by atoms with E-state index < -0.39 is 0 Å². The first-order valence-electron chi connectivity index (χ1n) is 16.2. The fourth-order valence-electron chi connectivity index (χ4n) is 8.30. The Labute approximate surface area is 235 Å². The fourth-order valence-corrected chi connectivity index (χ4v) is 8.30. The molecule has 0 aromatic carbocycles. The lowest BCUT2D eigenvalue weighted by atomic mass is 9.84. The van der Waals surface area contributed by atoms with Gasteiger partial charge >= 0.3 is 0 Å². The van der Waals surface area contributed by atoms with E-state index in [0.29, 0.717) is 61.3 Å². The molecule has 0 aromatic rings. The Bertz CT molecular complexity index is 733. The third-order valence-corrected chi connectivity index (χ3v) is 12.1. The van der Waals surface area contributed by atoms with Gasteiger partial charge in [0.05, 0.1) is 83.9 Å². The van der Waals surface area contributed by atoms with E-state index >= 15 is 0 Å². The smallest absolute Gasteiger partial charge is 0.0608 e. The van der Waals surface area contributed by atoms with E-state index in [1.54, 1.807) is 0 Å². The Morgan fingerprint density at radius 1 is 0.615 bits per heavy atom. The summed E-state index contributed by atoms with van der Waals surface area (Å²) in [5.74, 6) is 2.41. The van der Waals surface area contributed by atoms with Crippen LogP contribution in [0.5, 0.6) is 0 Å². The van der Waals surface area contributed by atoms with Crippen LogP contribution < -0.4 is 0 Å². The summed E-state index contributed by atoms with van der Waals surface area (Å²) >= 11 is 0. The minimum absolute atomic E-state index is 0.116. The number of aliphatic hydroxyl groups excluding tert-OH is 1. The molecular formula is C32H54O7. The van der Waals surface area contributed by atoms with Gasteiger partial charge in [0.2, 0.25) is 0 Å². The van der Waals surface area contributed by atoms with E-state index in [1.807, 2.05) is 0 Å². The SMILES string of the molecule is CCC1(COC2CC3CC2CC3OCC(CC)(CO)COC2CC3CC2CC3OCC2(CC)COC2)COC1. The van der Waals surface area contributed by atoms with Crippen molar-refractivity contribution >= 4 is 0 Å². The zero-order valence-electron chi connectivity index (χ0n) is 24.7. The van der Waals surface area contributed by atoms with E-state index in [-0.39, 0.29) is 22.9 Å². The van der Waals surface area contributed by atoms with Crippen molar-refractivity contribution in [2.75, 3.05) is 59.5 Å². The number of hydrogen-bond donors (Lipinski definition) is 1. The van der Waals surface area contributed by atoms with Crippen molar-refractivity contribution < 1.29 is 33.5 Å². The van der Waals surface area contributed by atoms with E-state index in [1.165, 1.54) is 12.8 Å². The van der Waals surface area contributed by atoms with Gasteiger partial charge < -0.3 is 33.5 Å². The molecule has 2 saturated heterocycles. The van der Waals surface area contributed by atoms with Gasteiger partial charge in [-0.3, -0.25) is 0 Å². The van der Waals surface area contributed by atoms with Crippen LogP contribution in [0.4, 0.5) is 0 Å². The van der Waals surface area contributed by atoms with Crippen LogP contribution in [0, 0.1) is 39.9 Å². The van der Waals surface area contributed by atoms with Crippen molar-refractivity contribution in [2.24, 2.45) is 39.9 Å². The highest BCUT2D eigenvalue weighted by Gasteiger charge is 2.51. The summed E-state index contributed by atoms with van der Waals surface area (Å²) in [5.41, 5.74) is 0.205. The normalized spacial score (nSPS) is 40.9. The molecule has 2 heterocycles. The second-order valence-corrected chi connectivity index (χ2v) is 14.6. The second kappa shape index (κ2) is 11.8. The summed E-state index contributed by atoms with van der Waals surface area (Å²) < 4.78 is 36.9. The molecule has 0 radical (unpaired) electrons. The van der Waals surface area contributed by atoms with Crippen molar-refractivity contribution in [3.05, 3.63) is 0 Å². The van der Waals surface area contributed by atoms with Crippen LogP contribution in [0.15, 0.2) is 0 Å². The first kappa shape index (κ1) is 28.8. The van der Waals surface area contributed by atoms with Gasteiger partial charge in [0.1, 0.15) is 0 Å². The first-order valence-corrected chi connectivity index (χ1v) is 16.2. The molecule has 1 N–H and O–H groups in total. The minimum atomic E-state index is -0.315. The molecule has 8 atom stereocenters. The number of rotatable bonds is 16. The molecule has 224 valence electrons. The fraction of sp³-hybridized carbons (Fsp3) is 1.00. The molecule has 8 unspecified atom stereocenters. The number of ether oxygens (including phenoxy) is 6. The average Bonchev–Trinajstić information content (AvgIpc) is 3.69. The molecule has 7 nitrogen and oxygen atoms in total. The lowest BCUT2D eigenvalue weighted by molar-refractivity contribution is -0.170. The molecule has 6 aliphatic rings. The average molecular weight is 551 g/mol. The van der Waals surface area contributed by atoms with Crippen molar-refractivity contribution in [3.8, 4) is 0 Å². The van der Waals surface area contributed by atoms with E-state index in [4.69, 9.17) is 28.4 Å². The van der Waals surface area contributed by atoms with Gasteiger partial charge in [0, 0.05) is 16.2 Å². The highest BCUT2D eigenvalue weighted by molar-refractivity contribution is 5.00. The Balaban J connectivity index is 0.922. The zero-order valence-corrected chi connectivity index (χ0v) is 24.7. The van der Waals surface area contributed by atoms with Gasteiger partial charge in [-0.25, -0.2) is 0 Å². The lowest BCUT2D eigenvalue weighted by Gasteiger charge is -2.42. The van der Waals surface area contributed by atoms with Gasteiger partial charge in [-0.2, -0.15) is 0 Å². The summed E-state index contributed by atoms with van der Waals surface area (Å²) in [4.78, 5) is 0. The summed E-state index contributed by atoms with van der Waals surface area (Å²) in [6.45, 7) is 13.0. The summed E-state index contributed by atoms with van der Waals surface area (Å²) in [7, 11) is 0. The molecule has 6 rings (SSSR count). The molecule has 6 fully saturated rings. The maximum Gasteiger partial charge on any atom is 0.0608 e. The molecule has 0 amide bonds. The molecule has 0 spiro atoms. The number of fused-ring (bicyclic) bond motifs is 4. The van der Waals surface area contributed by atoms with E-state index in [2.05, 4.69) is 20.8 Å². The molecule has 39 heavy (non-hydrogen) atoms. The van der Waals surface area contributed by atoms with Gasteiger partial charge in [0.15, 0.2) is 0 Å². The molecule has 4 aliphatic carbocycles. The van der Waals surface area contributed by atoms with Crippen molar-refractivity contribution in [1.29, 1.82) is 0 Å². The van der Waals surface area contributed by atoms with Crippen LogP contribution in [0.1, 0.15) is 78.6 Å². The third-order valence-electron chi connectivity index (χ3n) is 12.1. The Kier molecular flexibility index (Phi) is 8.70. The standard InChI is InChI=1S/C32H54O7/c1-4-30(13-33,18-36-26-9-24-7-22(26)11-28(24)38-20-31(5-2)14-34-15-31)19-37-27-10-25-8-23(27)12-29(25)39-21-32(6-3)16-35-17-32/h22-29,33H,4-21H2,1-3H3. The molecule has 0 aromatic heterocycles. The van der Waals surface area contributed by atoms with Crippen LogP contribution >= 0.6 is 0 Å². The maximum atomic E-state index is 10.4. The minimum Gasteiger partial charge on any atom is -0.396 e. The van der Waals surface area contributed by atoms with Crippen LogP contribution in [-0.4, -0.2) is 89.0 Å². The predicted octanol–water partition coefficient (Wildman–Crippen LogP) is 4.63. The van der Waals surface area contributed by atoms with Crippen molar-refractivity contribution in [1.82, 2.24) is 0 Å². The topological polar surface area (TPSA) is 75.6 Å². The summed E-state index contributed by atoms with van der Waals surface area (Å²) in [5, 5.41) is 10.4. The quantitative estimate of drug-likeness (QED) is 0.300. The lowest BCUT2D eigenvalue weighted by Crippen LogP contribution is -2.47. The molecule has 4 bridgehead atoms. The number of aliphatic hydroxyl groups is 1. The van der Waals surface area contributed by atoms with Crippen LogP contribution in [-0.2, 0) is 28.4 Å². The number of hydrogen-bond acceptors (Lipinski definition) is 7. The summed E-state index contributed by atoms with van der Waals surface area (Å²) in [6.07, 6.45) is 11.4. The first-order chi connectivity index (χ1) is 18.9. The van der Waals surface area contributed by atoms with E-state index in [9.17, 15) is 5.11 Å². The van der Waals surface area contributed by atoms with Crippen LogP contribution in [0.2, 0.25) is 0 Å². The highest BCUT2D eigenvalue weighted by Crippen LogP contribution is 2.50. The van der Waals surface area contributed by atoms with Gasteiger partial charge in [-0.05, 0) is 81.5 Å². The monoisotopic (exact) mass is 550 g/mol. The second-order valence-electron chi connectivity index (χ2n) is 14.6. The van der Waals surface area contributed by atoms with Crippen molar-refractivity contribution in [2.45, 2.75) is 103 Å². The maximum absolute atomic E-state index is 10.4. The largest absolute Gasteiger partial charge is 0.396 e. The van der Waals surface area contributed by atoms with Crippen LogP contribution in [0.25, 0.3) is 0 Å². The molecule has 2 aliphatic heterocycles. The van der Waals surface area contributed by atoms with Gasteiger partial charge in [-0.1, -0.05) is 20.8 Å². The molecule has 4 saturated carbocycles. The van der Waals surface area contributed by atoms with E-state index in [0.717, 1.165) is 84.6 Å². The Morgan fingerprint density at radius 3 is 1.26 bits per heavy atom. The summed E-state index contributed by atoms with van der Waals surface area (Å²) in [6, 6.07) is 0. The van der Waals surface area contributed by atoms with Crippen molar-refractivity contribution in [3.63, 3.8) is 0 Å².